The summed E-state index contributed by atoms with van der Waals surface area (Å²) in [4.78, 5) is 26.9. The Hall–Kier alpha value is -2.82. The van der Waals surface area contributed by atoms with Crippen molar-refractivity contribution in [2.75, 3.05) is 24.5 Å². The molecule has 0 fully saturated rings. The second kappa shape index (κ2) is 7.20. The van der Waals surface area contributed by atoms with Crippen molar-refractivity contribution < 1.29 is 9.59 Å². The van der Waals surface area contributed by atoms with Crippen molar-refractivity contribution in [3.8, 4) is 0 Å². The maximum absolute atomic E-state index is 12.4. The fourth-order valence-electron chi connectivity index (χ4n) is 3.83. The molecule has 5 nitrogen and oxygen atoms in total. The van der Waals surface area contributed by atoms with Gasteiger partial charge >= 0.3 is 0 Å². The molecule has 4 rings (SSSR count). The normalized spacial score (nSPS) is 18.1. The molecule has 2 aromatic carbocycles. The Morgan fingerprint density at radius 1 is 1.12 bits per heavy atom. The number of amides is 2. The number of hydrogen-bond donors (Lipinski definition) is 2. The van der Waals surface area contributed by atoms with E-state index in [0.29, 0.717) is 18.5 Å². The number of rotatable bonds is 5. The Morgan fingerprint density at radius 2 is 1.88 bits per heavy atom. The molecule has 2 aromatic rings. The van der Waals surface area contributed by atoms with Crippen LogP contribution in [0.1, 0.15) is 27.9 Å². The van der Waals surface area contributed by atoms with Crippen LogP contribution in [-0.4, -0.2) is 37.5 Å². The largest absolute Gasteiger partial charge is 0.371 e. The number of anilines is 1. The smallest absolute Gasteiger partial charge is 0.252 e. The third-order valence-corrected chi connectivity index (χ3v) is 5.20. The third kappa shape index (κ3) is 3.29. The number of carbonyl (C=O) groups is 2. The molecule has 0 saturated carbocycles. The van der Waals surface area contributed by atoms with E-state index in [1.807, 2.05) is 18.2 Å². The Labute approximate surface area is 153 Å². The van der Waals surface area contributed by atoms with Crippen LogP contribution < -0.4 is 15.5 Å². The highest BCUT2D eigenvalue weighted by Gasteiger charge is 2.28. The predicted octanol–water partition coefficient (Wildman–Crippen LogP) is 1.91. The van der Waals surface area contributed by atoms with Crippen molar-refractivity contribution in [3.05, 3.63) is 65.2 Å². The number of hydrogen-bond acceptors (Lipinski definition) is 3. The molecule has 134 valence electrons. The van der Waals surface area contributed by atoms with Crippen molar-refractivity contribution in [1.82, 2.24) is 10.6 Å². The molecule has 0 aliphatic carbocycles. The summed E-state index contributed by atoms with van der Waals surface area (Å²) in [5, 5.41) is 5.78. The van der Waals surface area contributed by atoms with E-state index in [-0.39, 0.29) is 11.8 Å². The van der Waals surface area contributed by atoms with Crippen LogP contribution in [0.25, 0.3) is 0 Å². The molecule has 2 amide bonds. The van der Waals surface area contributed by atoms with Crippen molar-refractivity contribution in [3.63, 3.8) is 0 Å². The number of carbonyl (C=O) groups excluding carboxylic acids is 2. The zero-order valence-electron chi connectivity index (χ0n) is 14.7. The molecule has 1 atom stereocenters. The lowest BCUT2D eigenvalue weighted by molar-refractivity contribution is -0.123. The molecular weight excluding hydrogens is 326 g/mol. The first-order valence-electron chi connectivity index (χ1n) is 9.22. The summed E-state index contributed by atoms with van der Waals surface area (Å²) < 4.78 is 0. The van der Waals surface area contributed by atoms with E-state index in [0.717, 1.165) is 31.5 Å². The van der Waals surface area contributed by atoms with Gasteiger partial charge in [-0.25, -0.2) is 0 Å². The summed E-state index contributed by atoms with van der Waals surface area (Å²) in [6.07, 6.45) is 2.53. The van der Waals surface area contributed by atoms with Crippen molar-refractivity contribution in [2.45, 2.75) is 25.3 Å². The quantitative estimate of drug-likeness (QED) is 0.811. The molecule has 5 heteroatoms. The van der Waals surface area contributed by atoms with E-state index in [1.54, 1.807) is 6.07 Å². The summed E-state index contributed by atoms with van der Waals surface area (Å²) in [6, 6.07) is 15.5. The Bertz CT molecular complexity index is 834. The van der Waals surface area contributed by atoms with Gasteiger partial charge in [-0.05, 0) is 36.1 Å². The van der Waals surface area contributed by atoms with Crippen LogP contribution >= 0.6 is 0 Å². The van der Waals surface area contributed by atoms with Gasteiger partial charge in [-0.3, -0.25) is 9.59 Å². The fourth-order valence-corrected chi connectivity index (χ4v) is 3.83. The van der Waals surface area contributed by atoms with E-state index in [9.17, 15) is 9.59 Å². The SMILES string of the molecule is O=C1N[C@H](C(=O)NCCCN2CCc3ccccc32)Cc2ccccc21. The van der Waals surface area contributed by atoms with Crippen LogP contribution in [0.3, 0.4) is 0 Å². The Balaban J connectivity index is 1.26. The molecule has 26 heavy (non-hydrogen) atoms. The predicted molar refractivity (Wildman–Crippen MR) is 101 cm³/mol. The van der Waals surface area contributed by atoms with Crippen LogP contribution in [0, 0.1) is 0 Å². The topological polar surface area (TPSA) is 61.4 Å². The molecule has 0 spiro atoms. The number of nitrogens with one attached hydrogen (secondary N) is 2. The highest BCUT2D eigenvalue weighted by atomic mass is 16.2. The lowest BCUT2D eigenvalue weighted by atomic mass is 9.95. The molecule has 2 aliphatic heterocycles. The zero-order chi connectivity index (χ0) is 17.9. The molecule has 0 radical (unpaired) electrons. The average molecular weight is 349 g/mol. The first-order valence-corrected chi connectivity index (χ1v) is 9.22. The van der Waals surface area contributed by atoms with Gasteiger partial charge in [0.2, 0.25) is 5.91 Å². The molecule has 2 heterocycles. The molecule has 0 bridgehead atoms. The maximum Gasteiger partial charge on any atom is 0.252 e. The lowest BCUT2D eigenvalue weighted by Crippen LogP contribution is -2.51. The molecule has 2 N–H and O–H groups in total. The Morgan fingerprint density at radius 3 is 2.77 bits per heavy atom. The van der Waals surface area contributed by atoms with Crippen molar-refractivity contribution in [2.24, 2.45) is 0 Å². The zero-order valence-corrected chi connectivity index (χ0v) is 14.7. The first-order chi connectivity index (χ1) is 12.7. The minimum Gasteiger partial charge on any atom is -0.371 e. The Kier molecular flexibility index (Phi) is 4.61. The van der Waals surface area contributed by atoms with Gasteiger partial charge in [0.25, 0.3) is 5.91 Å². The van der Waals surface area contributed by atoms with Crippen LogP contribution in [0.4, 0.5) is 5.69 Å². The first kappa shape index (κ1) is 16.6. The van der Waals surface area contributed by atoms with E-state index < -0.39 is 6.04 Å². The van der Waals surface area contributed by atoms with E-state index in [1.165, 1.54) is 11.3 Å². The summed E-state index contributed by atoms with van der Waals surface area (Å²) in [5.74, 6) is -0.268. The van der Waals surface area contributed by atoms with E-state index in [4.69, 9.17) is 0 Å². The molecule has 0 saturated heterocycles. The monoisotopic (exact) mass is 349 g/mol. The summed E-state index contributed by atoms with van der Waals surface area (Å²) in [5.41, 5.74) is 4.32. The summed E-state index contributed by atoms with van der Waals surface area (Å²) in [7, 11) is 0. The van der Waals surface area contributed by atoms with Gasteiger partial charge in [0, 0.05) is 37.3 Å². The van der Waals surface area contributed by atoms with Gasteiger partial charge < -0.3 is 15.5 Å². The highest BCUT2D eigenvalue weighted by Crippen LogP contribution is 2.27. The summed E-state index contributed by atoms with van der Waals surface area (Å²) in [6.45, 7) is 2.59. The fraction of sp³-hybridized carbons (Fsp3) is 0.333. The summed E-state index contributed by atoms with van der Waals surface area (Å²) >= 11 is 0. The second-order valence-corrected chi connectivity index (χ2v) is 6.90. The van der Waals surface area contributed by atoms with Crippen LogP contribution in [0.5, 0.6) is 0 Å². The number of para-hydroxylation sites is 1. The van der Waals surface area contributed by atoms with Gasteiger partial charge in [-0.1, -0.05) is 36.4 Å². The van der Waals surface area contributed by atoms with E-state index >= 15 is 0 Å². The van der Waals surface area contributed by atoms with Gasteiger partial charge in [0.15, 0.2) is 0 Å². The van der Waals surface area contributed by atoms with Crippen LogP contribution in [0.2, 0.25) is 0 Å². The standard InChI is InChI=1S/C21H23N3O2/c25-20-17-8-3-1-7-16(17)14-18(23-20)21(26)22-11-5-12-24-13-10-15-6-2-4-9-19(15)24/h1-4,6-9,18H,5,10-14H2,(H,22,26)(H,23,25)/t18-/m0/s1. The highest BCUT2D eigenvalue weighted by molar-refractivity contribution is 6.00. The lowest BCUT2D eigenvalue weighted by Gasteiger charge is -2.25. The number of fused-ring (bicyclic) bond motifs is 2. The minimum atomic E-state index is -0.482. The maximum atomic E-state index is 12.4. The molecule has 0 unspecified atom stereocenters. The van der Waals surface area contributed by atoms with E-state index in [2.05, 4.69) is 39.8 Å². The third-order valence-electron chi connectivity index (χ3n) is 5.20. The number of nitrogens with zero attached hydrogens (tertiary/aromatic N) is 1. The molecule has 2 aliphatic rings. The van der Waals surface area contributed by atoms with Crippen LogP contribution in [0.15, 0.2) is 48.5 Å². The van der Waals surface area contributed by atoms with Gasteiger partial charge in [0.05, 0.1) is 0 Å². The van der Waals surface area contributed by atoms with Gasteiger partial charge in [-0.2, -0.15) is 0 Å². The van der Waals surface area contributed by atoms with Crippen molar-refractivity contribution >= 4 is 17.5 Å². The van der Waals surface area contributed by atoms with Gasteiger partial charge in [-0.15, -0.1) is 0 Å². The second-order valence-electron chi connectivity index (χ2n) is 6.90. The molecule has 0 aromatic heterocycles. The number of benzene rings is 2. The van der Waals surface area contributed by atoms with Crippen LogP contribution in [-0.2, 0) is 17.6 Å². The molecular formula is C21H23N3O2. The van der Waals surface area contributed by atoms with Crippen molar-refractivity contribution in [1.29, 1.82) is 0 Å². The average Bonchev–Trinajstić information content (AvgIpc) is 3.08. The minimum absolute atomic E-state index is 0.102. The van der Waals surface area contributed by atoms with Gasteiger partial charge in [0.1, 0.15) is 6.04 Å².